The molecule has 5 rings (SSSR count). The Balaban J connectivity index is 1.10. The van der Waals surface area contributed by atoms with E-state index in [9.17, 15) is 14.9 Å². The molecule has 49 heavy (non-hydrogen) atoms. The number of methoxy groups -OCH3 is 1. The van der Waals surface area contributed by atoms with Crippen molar-refractivity contribution in [3.8, 4) is 11.9 Å². The van der Waals surface area contributed by atoms with Gasteiger partial charge in [0, 0.05) is 48.4 Å². The van der Waals surface area contributed by atoms with Gasteiger partial charge >= 0.3 is 5.97 Å². The molecule has 2 aliphatic rings. The molecular formula is C34H45N9O5S. The Labute approximate surface area is 290 Å². The lowest BCUT2D eigenvalue weighted by atomic mass is 9.72. The zero-order valence-corrected chi connectivity index (χ0v) is 29.6. The van der Waals surface area contributed by atoms with E-state index in [0.29, 0.717) is 52.4 Å². The fourth-order valence-electron chi connectivity index (χ4n) is 6.74. The molecule has 15 heteroatoms. The summed E-state index contributed by atoms with van der Waals surface area (Å²) in [4.78, 5) is 40.4. The number of hydrogen-bond acceptors (Lipinski definition) is 14. The van der Waals surface area contributed by atoms with Gasteiger partial charge in [-0.3, -0.25) is 19.9 Å². The van der Waals surface area contributed by atoms with E-state index in [-0.39, 0.29) is 29.7 Å². The number of anilines is 2. The standard InChI is InChI=1S/C34H45N9O5S/c1-20(2)27(31(44)46-5)24-17-26(41-48-24)47-16-7-6-13-42-14-15-43(21(3)19-42)33-38-12-10-23(39-33)29(36)40-32(45)34(4)11-8-9-25-28(34)22(18-35)30(37)49-25/h10,12,17,20-21,27H,6-9,11,13-16,19,37H2,1-5H3,(H2,36,40,45)/t21-,27?,34-/m0/s1. The van der Waals surface area contributed by atoms with Crippen molar-refractivity contribution in [1.29, 1.82) is 10.7 Å². The van der Waals surface area contributed by atoms with Crippen molar-refractivity contribution in [3.05, 3.63) is 45.8 Å². The summed E-state index contributed by atoms with van der Waals surface area (Å²) in [6, 6.07) is 5.60. The summed E-state index contributed by atoms with van der Waals surface area (Å²) in [7, 11) is 1.36. The molecule has 262 valence electrons. The maximum atomic E-state index is 13.6. The van der Waals surface area contributed by atoms with E-state index in [1.807, 2.05) is 20.8 Å². The van der Waals surface area contributed by atoms with Gasteiger partial charge in [-0.25, -0.2) is 9.97 Å². The van der Waals surface area contributed by atoms with E-state index in [4.69, 9.17) is 25.1 Å². The van der Waals surface area contributed by atoms with Crippen LogP contribution in [-0.4, -0.2) is 83.7 Å². The Kier molecular flexibility index (Phi) is 11.2. The third-order valence-corrected chi connectivity index (χ3v) is 10.5. The van der Waals surface area contributed by atoms with E-state index in [2.05, 4.69) is 43.2 Å². The largest absolute Gasteiger partial charge is 0.476 e. The number of unbranched alkanes of at least 4 members (excludes halogenated alkanes) is 1. The monoisotopic (exact) mass is 691 g/mol. The van der Waals surface area contributed by atoms with Crippen molar-refractivity contribution in [3.63, 3.8) is 0 Å². The Hall–Kier alpha value is -4.55. The molecule has 1 fully saturated rings. The van der Waals surface area contributed by atoms with E-state index in [1.54, 1.807) is 18.3 Å². The van der Waals surface area contributed by atoms with Crippen LogP contribution in [0.15, 0.2) is 22.9 Å². The van der Waals surface area contributed by atoms with Crippen LogP contribution in [0.4, 0.5) is 10.9 Å². The average molecular weight is 692 g/mol. The Bertz CT molecular complexity index is 1720. The number of hydrogen-bond donors (Lipinski definition) is 3. The lowest BCUT2D eigenvalue weighted by molar-refractivity contribution is -0.144. The van der Waals surface area contributed by atoms with Gasteiger partial charge in [-0.1, -0.05) is 13.8 Å². The molecule has 1 saturated heterocycles. The molecule has 4 N–H and O–H groups in total. The van der Waals surface area contributed by atoms with Crippen LogP contribution in [0.25, 0.3) is 0 Å². The third kappa shape index (κ3) is 7.70. The van der Waals surface area contributed by atoms with Crippen LogP contribution in [0.1, 0.15) is 86.8 Å². The van der Waals surface area contributed by atoms with Crippen LogP contribution in [0.2, 0.25) is 0 Å². The lowest BCUT2D eigenvalue weighted by Crippen LogP contribution is -2.52. The maximum Gasteiger partial charge on any atom is 0.316 e. The number of amidine groups is 1. The van der Waals surface area contributed by atoms with Crippen LogP contribution >= 0.6 is 11.3 Å². The second kappa shape index (κ2) is 15.3. The number of esters is 1. The van der Waals surface area contributed by atoms with Gasteiger partial charge in [0.05, 0.1) is 24.7 Å². The van der Waals surface area contributed by atoms with Crippen molar-refractivity contribution >= 4 is 40.0 Å². The average Bonchev–Trinajstić information content (AvgIpc) is 3.68. The molecular weight excluding hydrogens is 646 g/mol. The van der Waals surface area contributed by atoms with Gasteiger partial charge in [0.2, 0.25) is 11.9 Å². The second-order valence-electron chi connectivity index (χ2n) is 13.2. The summed E-state index contributed by atoms with van der Waals surface area (Å²) in [5.41, 5.74) is 6.53. The first-order valence-electron chi connectivity index (χ1n) is 16.7. The number of nitriles is 1. The Morgan fingerprint density at radius 2 is 2.12 bits per heavy atom. The molecule has 0 bridgehead atoms. The number of nitrogens with zero attached hydrogens (tertiary/aromatic N) is 6. The normalized spacial score (nSPS) is 19.9. The van der Waals surface area contributed by atoms with Gasteiger partial charge in [0.15, 0.2) is 11.6 Å². The summed E-state index contributed by atoms with van der Waals surface area (Å²) in [6.07, 6.45) is 5.52. The van der Waals surface area contributed by atoms with Crippen molar-refractivity contribution < 1.29 is 23.6 Å². The number of amides is 1. The number of fused-ring (bicyclic) bond motifs is 1. The number of nitrogens with one attached hydrogen (secondary N) is 2. The molecule has 1 amide bonds. The van der Waals surface area contributed by atoms with Gasteiger partial charge in [0.1, 0.15) is 22.7 Å². The Morgan fingerprint density at radius 1 is 1.33 bits per heavy atom. The summed E-state index contributed by atoms with van der Waals surface area (Å²) in [5.74, 6) is -0.0289. The number of nitrogens with two attached hydrogens (primary N) is 1. The molecule has 0 spiro atoms. The highest BCUT2D eigenvalue weighted by atomic mass is 32.1. The molecule has 1 unspecified atom stereocenters. The highest BCUT2D eigenvalue weighted by molar-refractivity contribution is 7.16. The summed E-state index contributed by atoms with van der Waals surface area (Å²) < 4.78 is 16.0. The van der Waals surface area contributed by atoms with Crippen molar-refractivity contribution in [1.82, 2.24) is 25.3 Å². The third-order valence-electron chi connectivity index (χ3n) is 9.41. The van der Waals surface area contributed by atoms with Crippen LogP contribution in [0, 0.1) is 22.7 Å². The van der Waals surface area contributed by atoms with Gasteiger partial charge in [-0.05, 0) is 69.6 Å². The van der Waals surface area contributed by atoms with E-state index < -0.39 is 11.3 Å². The summed E-state index contributed by atoms with van der Waals surface area (Å²) in [5, 5.41) is 25.6. The predicted octanol–water partition coefficient (Wildman–Crippen LogP) is 4.00. The minimum Gasteiger partial charge on any atom is -0.476 e. The molecule has 0 radical (unpaired) electrons. The van der Waals surface area contributed by atoms with Gasteiger partial charge in [0.25, 0.3) is 5.88 Å². The fraction of sp³-hybridized carbons (Fsp3) is 0.559. The zero-order chi connectivity index (χ0) is 35.3. The number of carbonyl (C=O) groups excluding carboxylic acids is 2. The molecule has 1 aliphatic heterocycles. The first-order chi connectivity index (χ1) is 23.5. The molecule has 14 nitrogen and oxygen atoms in total. The highest BCUT2D eigenvalue weighted by Crippen LogP contribution is 2.45. The van der Waals surface area contributed by atoms with Crippen LogP contribution < -0.4 is 20.7 Å². The summed E-state index contributed by atoms with van der Waals surface area (Å²) >= 11 is 1.37. The maximum absolute atomic E-state index is 13.6. The number of aromatic nitrogens is 3. The van der Waals surface area contributed by atoms with Crippen molar-refractivity contribution in [2.75, 3.05) is 50.5 Å². The number of ether oxygens (including phenoxy) is 2. The number of rotatable bonds is 12. The topological polar surface area (TPSA) is 197 Å². The molecule has 0 aromatic carbocycles. The van der Waals surface area contributed by atoms with Gasteiger partial charge in [-0.15, -0.1) is 11.3 Å². The van der Waals surface area contributed by atoms with E-state index in [0.717, 1.165) is 56.7 Å². The fourth-order valence-corrected chi connectivity index (χ4v) is 7.93. The Morgan fingerprint density at radius 3 is 2.84 bits per heavy atom. The van der Waals surface area contributed by atoms with E-state index >= 15 is 0 Å². The van der Waals surface area contributed by atoms with Gasteiger partial charge < -0.3 is 29.9 Å². The molecule has 3 aromatic rings. The number of aryl methyl sites for hydroxylation is 1. The molecule has 0 saturated carbocycles. The van der Waals surface area contributed by atoms with E-state index in [1.165, 1.54) is 18.4 Å². The first-order valence-corrected chi connectivity index (χ1v) is 17.5. The number of thiophene rings is 1. The van der Waals surface area contributed by atoms with Crippen molar-refractivity contribution in [2.45, 2.75) is 77.2 Å². The van der Waals surface area contributed by atoms with Crippen LogP contribution in [0.5, 0.6) is 5.88 Å². The first kappa shape index (κ1) is 35.7. The van der Waals surface area contributed by atoms with Crippen LogP contribution in [0.3, 0.4) is 0 Å². The smallest absolute Gasteiger partial charge is 0.316 e. The number of piperazine rings is 1. The summed E-state index contributed by atoms with van der Waals surface area (Å²) in [6.45, 7) is 11.6. The molecule has 3 aromatic heterocycles. The quantitative estimate of drug-likeness (QED) is 0.107. The minimum atomic E-state index is -0.964. The molecule has 1 aliphatic carbocycles. The minimum absolute atomic E-state index is 0.000348. The number of carbonyl (C=O) groups is 2. The molecule has 3 atom stereocenters. The zero-order valence-electron chi connectivity index (χ0n) is 28.7. The lowest BCUT2D eigenvalue weighted by Gasteiger charge is -2.40. The predicted molar refractivity (Wildman–Crippen MR) is 185 cm³/mol. The number of nitrogen functional groups attached to an aromatic ring is 1. The van der Waals surface area contributed by atoms with Crippen molar-refractivity contribution in [2.24, 2.45) is 5.92 Å². The SMILES string of the molecule is COC(=O)C(c1cc(OCCCCN2CCN(c3nccc(C(=N)NC(=O)[C@@]4(C)CCCc5sc(N)c(C#N)c54)n3)[C@@H](C)C2)no1)C(C)C. The highest BCUT2D eigenvalue weighted by Gasteiger charge is 2.43. The van der Waals surface area contributed by atoms with Crippen LogP contribution in [-0.2, 0) is 26.2 Å². The second-order valence-corrected chi connectivity index (χ2v) is 14.4. The molecule has 4 heterocycles. The van der Waals surface area contributed by atoms with Gasteiger partial charge in [-0.2, -0.15) is 5.26 Å².